The van der Waals surface area contributed by atoms with Gasteiger partial charge in [-0.2, -0.15) is 11.8 Å². The summed E-state index contributed by atoms with van der Waals surface area (Å²) in [5.74, 6) is 3.60. The number of nitrogens with one attached hydrogen (secondary N) is 1. The van der Waals surface area contributed by atoms with Gasteiger partial charge in [0.05, 0.1) is 6.54 Å². The van der Waals surface area contributed by atoms with Gasteiger partial charge in [0.1, 0.15) is 0 Å². The second-order valence-electron chi connectivity index (χ2n) is 5.04. The predicted octanol–water partition coefficient (Wildman–Crippen LogP) is 0.103. The first-order chi connectivity index (χ1) is 8.25. The number of carbonyl (C=O) groups is 1. The Labute approximate surface area is 108 Å². The van der Waals surface area contributed by atoms with Crippen LogP contribution in [-0.4, -0.2) is 73.5 Å². The number of hydrogen-bond donors (Lipinski definition) is 1. The Kier molecular flexibility index (Phi) is 5.13. The van der Waals surface area contributed by atoms with E-state index in [0.29, 0.717) is 6.54 Å². The standard InChI is InChI=1S/C12H23N3OS/c1-14-3-5-15(6-4-14)12(16)9-13-8-11-2-7-17-10-11/h11,13H,2-10H2,1H3. The van der Waals surface area contributed by atoms with Gasteiger partial charge in [0, 0.05) is 26.2 Å². The van der Waals surface area contributed by atoms with Crippen molar-refractivity contribution in [1.82, 2.24) is 15.1 Å². The van der Waals surface area contributed by atoms with Crippen LogP contribution in [0.4, 0.5) is 0 Å². The highest BCUT2D eigenvalue weighted by Crippen LogP contribution is 2.22. The number of thioether (sulfide) groups is 1. The van der Waals surface area contributed by atoms with E-state index in [2.05, 4.69) is 17.3 Å². The SMILES string of the molecule is CN1CCN(C(=O)CNCC2CCSC2)CC1. The van der Waals surface area contributed by atoms with E-state index in [1.165, 1.54) is 17.9 Å². The van der Waals surface area contributed by atoms with Crippen molar-refractivity contribution in [2.45, 2.75) is 6.42 Å². The maximum Gasteiger partial charge on any atom is 0.236 e. The molecule has 0 radical (unpaired) electrons. The molecule has 2 rings (SSSR count). The molecule has 2 aliphatic heterocycles. The maximum absolute atomic E-state index is 11.9. The summed E-state index contributed by atoms with van der Waals surface area (Å²) in [6.45, 7) is 5.31. The summed E-state index contributed by atoms with van der Waals surface area (Å²) in [7, 11) is 2.11. The average Bonchev–Trinajstić information content (AvgIpc) is 2.83. The molecule has 2 saturated heterocycles. The minimum Gasteiger partial charge on any atom is -0.339 e. The Morgan fingerprint density at radius 1 is 1.35 bits per heavy atom. The molecular formula is C12H23N3OS. The molecule has 1 unspecified atom stereocenters. The second-order valence-corrected chi connectivity index (χ2v) is 6.19. The smallest absolute Gasteiger partial charge is 0.236 e. The normalized spacial score (nSPS) is 26.4. The highest BCUT2D eigenvalue weighted by molar-refractivity contribution is 7.99. The molecule has 2 fully saturated rings. The molecule has 0 saturated carbocycles. The minimum atomic E-state index is 0.267. The van der Waals surface area contributed by atoms with Gasteiger partial charge in [-0.3, -0.25) is 4.79 Å². The van der Waals surface area contributed by atoms with Crippen LogP contribution in [0.2, 0.25) is 0 Å². The molecule has 2 heterocycles. The van der Waals surface area contributed by atoms with E-state index in [4.69, 9.17) is 0 Å². The fourth-order valence-corrected chi connectivity index (χ4v) is 3.58. The second kappa shape index (κ2) is 6.61. The third kappa shape index (κ3) is 4.16. The van der Waals surface area contributed by atoms with Crippen molar-refractivity contribution in [3.8, 4) is 0 Å². The Morgan fingerprint density at radius 3 is 2.76 bits per heavy atom. The lowest BCUT2D eigenvalue weighted by Gasteiger charge is -2.32. The molecule has 0 aromatic rings. The number of likely N-dealkylation sites (N-methyl/N-ethyl adjacent to an activating group) is 1. The van der Waals surface area contributed by atoms with Crippen molar-refractivity contribution in [2.24, 2.45) is 5.92 Å². The van der Waals surface area contributed by atoms with Gasteiger partial charge in [-0.25, -0.2) is 0 Å². The summed E-state index contributed by atoms with van der Waals surface area (Å²) < 4.78 is 0. The Morgan fingerprint density at radius 2 is 2.12 bits per heavy atom. The van der Waals surface area contributed by atoms with Gasteiger partial charge < -0.3 is 15.1 Å². The third-order valence-corrected chi connectivity index (χ3v) is 4.82. The van der Waals surface area contributed by atoms with Crippen LogP contribution in [0.5, 0.6) is 0 Å². The van der Waals surface area contributed by atoms with E-state index >= 15 is 0 Å². The number of piperazine rings is 1. The van der Waals surface area contributed by atoms with Crippen molar-refractivity contribution < 1.29 is 4.79 Å². The topological polar surface area (TPSA) is 35.6 Å². The summed E-state index contributed by atoms with van der Waals surface area (Å²) in [5.41, 5.74) is 0. The lowest BCUT2D eigenvalue weighted by Crippen LogP contribution is -2.49. The zero-order valence-corrected chi connectivity index (χ0v) is 11.5. The number of hydrogen-bond acceptors (Lipinski definition) is 4. The Balaban J connectivity index is 1.60. The number of carbonyl (C=O) groups excluding carboxylic acids is 1. The Bertz CT molecular complexity index is 248. The summed E-state index contributed by atoms with van der Waals surface area (Å²) in [6.07, 6.45) is 1.31. The molecule has 0 aliphatic carbocycles. The fourth-order valence-electron chi connectivity index (χ4n) is 2.30. The lowest BCUT2D eigenvalue weighted by molar-refractivity contribution is -0.131. The van der Waals surface area contributed by atoms with Crippen LogP contribution in [0.1, 0.15) is 6.42 Å². The minimum absolute atomic E-state index is 0.267. The molecule has 0 aromatic heterocycles. The van der Waals surface area contributed by atoms with Crippen LogP contribution in [0.3, 0.4) is 0 Å². The number of rotatable bonds is 4. The molecule has 5 heteroatoms. The van der Waals surface area contributed by atoms with E-state index in [0.717, 1.165) is 38.6 Å². The summed E-state index contributed by atoms with van der Waals surface area (Å²) >= 11 is 2.03. The van der Waals surface area contributed by atoms with Gasteiger partial charge in [0.2, 0.25) is 5.91 Å². The quantitative estimate of drug-likeness (QED) is 0.775. The van der Waals surface area contributed by atoms with Gasteiger partial charge in [-0.15, -0.1) is 0 Å². The molecule has 1 N–H and O–H groups in total. The molecule has 98 valence electrons. The van der Waals surface area contributed by atoms with Crippen molar-refractivity contribution in [3.05, 3.63) is 0 Å². The van der Waals surface area contributed by atoms with Crippen molar-refractivity contribution in [2.75, 3.05) is 57.8 Å². The van der Waals surface area contributed by atoms with Gasteiger partial charge >= 0.3 is 0 Å². The van der Waals surface area contributed by atoms with Crippen LogP contribution in [-0.2, 0) is 4.79 Å². The van der Waals surface area contributed by atoms with Crippen LogP contribution in [0, 0.1) is 5.92 Å². The molecular weight excluding hydrogens is 234 g/mol. The molecule has 1 amide bonds. The highest BCUT2D eigenvalue weighted by Gasteiger charge is 2.19. The van der Waals surface area contributed by atoms with Crippen LogP contribution < -0.4 is 5.32 Å². The zero-order chi connectivity index (χ0) is 12.1. The highest BCUT2D eigenvalue weighted by atomic mass is 32.2. The summed E-state index contributed by atoms with van der Waals surface area (Å²) in [6, 6.07) is 0. The molecule has 0 bridgehead atoms. The first kappa shape index (κ1) is 13.2. The van der Waals surface area contributed by atoms with E-state index in [9.17, 15) is 4.79 Å². The third-order valence-electron chi connectivity index (χ3n) is 3.59. The largest absolute Gasteiger partial charge is 0.339 e. The molecule has 0 spiro atoms. The molecule has 0 aromatic carbocycles. The monoisotopic (exact) mass is 257 g/mol. The van der Waals surface area contributed by atoms with Crippen LogP contribution in [0.15, 0.2) is 0 Å². The number of nitrogens with zero attached hydrogens (tertiary/aromatic N) is 2. The van der Waals surface area contributed by atoms with Crippen molar-refractivity contribution >= 4 is 17.7 Å². The van der Waals surface area contributed by atoms with Crippen molar-refractivity contribution in [3.63, 3.8) is 0 Å². The zero-order valence-electron chi connectivity index (χ0n) is 10.7. The van der Waals surface area contributed by atoms with E-state index in [1.54, 1.807) is 0 Å². The average molecular weight is 257 g/mol. The maximum atomic E-state index is 11.9. The van der Waals surface area contributed by atoms with Gasteiger partial charge in [0.15, 0.2) is 0 Å². The van der Waals surface area contributed by atoms with Gasteiger partial charge in [-0.05, 0) is 37.4 Å². The Hall–Kier alpha value is -0.260. The molecule has 2 aliphatic rings. The lowest BCUT2D eigenvalue weighted by atomic mass is 10.1. The first-order valence-corrected chi connectivity index (χ1v) is 7.66. The van der Waals surface area contributed by atoms with E-state index in [1.807, 2.05) is 16.7 Å². The van der Waals surface area contributed by atoms with Crippen LogP contribution >= 0.6 is 11.8 Å². The molecule has 1 atom stereocenters. The molecule has 17 heavy (non-hydrogen) atoms. The number of amides is 1. The van der Waals surface area contributed by atoms with E-state index in [-0.39, 0.29) is 5.91 Å². The predicted molar refractivity (Wildman–Crippen MR) is 72.4 cm³/mol. The van der Waals surface area contributed by atoms with Gasteiger partial charge in [0.25, 0.3) is 0 Å². The molecule has 4 nitrogen and oxygen atoms in total. The first-order valence-electron chi connectivity index (χ1n) is 6.50. The van der Waals surface area contributed by atoms with Crippen LogP contribution in [0.25, 0.3) is 0 Å². The summed E-state index contributed by atoms with van der Waals surface area (Å²) in [4.78, 5) is 16.2. The fraction of sp³-hybridized carbons (Fsp3) is 0.917. The van der Waals surface area contributed by atoms with Gasteiger partial charge in [-0.1, -0.05) is 0 Å². The summed E-state index contributed by atoms with van der Waals surface area (Å²) in [5, 5.41) is 3.32. The van der Waals surface area contributed by atoms with E-state index < -0.39 is 0 Å². The van der Waals surface area contributed by atoms with Crippen molar-refractivity contribution in [1.29, 1.82) is 0 Å².